The molecular weight excluding hydrogens is 358 g/mol. The number of phenolic OH excluding ortho intramolecular Hbond substituents is 1. The largest absolute Gasteiger partial charge is 0.504 e. The summed E-state index contributed by atoms with van der Waals surface area (Å²) < 4.78 is 5.85. The number of piperidine rings is 1. The monoisotopic (exact) mass is 389 g/mol. The topological polar surface area (TPSA) is 73.3 Å². The van der Waals surface area contributed by atoms with Crippen molar-refractivity contribution in [2.45, 2.75) is 58.7 Å². The minimum absolute atomic E-state index is 0.0334. The van der Waals surface area contributed by atoms with Crippen LogP contribution in [0.3, 0.4) is 0 Å². The van der Waals surface area contributed by atoms with Crippen molar-refractivity contribution >= 4 is 17.5 Å². The van der Waals surface area contributed by atoms with E-state index in [4.69, 9.17) is 4.74 Å². The van der Waals surface area contributed by atoms with Crippen molar-refractivity contribution in [2.24, 2.45) is 0 Å². The van der Waals surface area contributed by atoms with Gasteiger partial charge in [-0.1, -0.05) is 13.0 Å². The SMILES string of the molecule is CCC(N1CCN(c2cccc(O)c2OC(C)C)CC1)N1C(=O)CCCC1=O. The number of hydrogen-bond acceptors (Lipinski definition) is 6. The Morgan fingerprint density at radius 3 is 2.29 bits per heavy atom. The van der Waals surface area contributed by atoms with Crippen molar-refractivity contribution < 1.29 is 19.4 Å². The molecule has 2 amide bonds. The van der Waals surface area contributed by atoms with Gasteiger partial charge < -0.3 is 14.7 Å². The predicted octanol–water partition coefficient (Wildman–Crippen LogP) is 2.58. The van der Waals surface area contributed by atoms with Gasteiger partial charge in [0.05, 0.1) is 18.0 Å². The Hall–Kier alpha value is -2.28. The number of ether oxygens (including phenoxy) is 1. The molecule has 1 aromatic carbocycles. The Balaban J connectivity index is 1.71. The standard InChI is InChI=1S/C21H31N3O4/c1-4-18(24-19(26)9-6-10-20(24)27)23-13-11-22(12-14-23)16-7-5-8-17(25)21(16)28-15(2)3/h5,7-8,15,18,25H,4,6,9-14H2,1-3H3. The van der Waals surface area contributed by atoms with Gasteiger partial charge in [-0.25, -0.2) is 0 Å². The minimum atomic E-state index is -0.169. The van der Waals surface area contributed by atoms with Crippen LogP contribution < -0.4 is 9.64 Å². The summed E-state index contributed by atoms with van der Waals surface area (Å²) in [5.41, 5.74) is 0.881. The van der Waals surface area contributed by atoms with Gasteiger partial charge in [-0.3, -0.25) is 19.4 Å². The van der Waals surface area contributed by atoms with Crippen molar-refractivity contribution in [1.29, 1.82) is 0 Å². The van der Waals surface area contributed by atoms with Crippen LogP contribution in [0.1, 0.15) is 46.5 Å². The molecule has 2 heterocycles. The van der Waals surface area contributed by atoms with Crippen LogP contribution in [0.4, 0.5) is 5.69 Å². The van der Waals surface area contributed by atoms with E-state index in [-0.39, 0.29) is 29.8 Å². The molecule has 7 heteroatoms. The Labute approximate surface area is 166 Å². The Morgan fingerprint density at radius 1 is 1.07 bits per heavy atom. The molecule has 1 atom stereocenters. The number of benzene rings is 1. The van der Waals surface area contributed by atoms with Crippen molar-refractivity contribution in [2.75, 3.05) is 31.1 Å². The zero-order valence-electron chi connectivity index (χ0n) is 17.1. The molecule has 154 valence electrons. The summed E-state index contributed by atoms with van der Waals surface area (Å²) in [4.78, 5) is 30.6. The van der Waals surface area contributed by atoms with Gasteiger partial charge in [0.2, 0.25) is 11.8 Å². The summed E-state index contributed by atoms with van der Waals surface area (Å²) in [6.07, 6.45) is 2.11. The van der Waals surface area contributed by atoms with Gasteiger partial charge in [0.1, 0.15) is 0 Å². The molecule has 7 nitrogen and oxygen atoms in total. The predicted molar refractivity (Wildman–Crippen MR) is 107 cm³/mol. The second kappa shape index (κ2) is 8.82. The average Bonchev–Trinajstić information content (AvgIpc) is 2.66. The summed E-state index contributed by atoms with van der Waals surface area (Å²) in [5, 5.41) is 10.2. The first-order chi connectivity index (χ1) is 13.4. The zero-order chi connectivity index (χ0) is 20.3. The number of imide groups is 1. The Bertz CT molecular complexity index is 698. The zero-order valence-corrected chi connectivity index (χ0v) is 17.1. The van der Waals surface area contributed by atoms with E-state index >= 15 is 0 Å². The third-order valence-electron chi connectivity index (χ3n) is 5.39. The van der Waals surface area contributed by atoms with Gasteiger partial charge in [0.25, 0.3) is 0 Å². The summed E-state index contributed by atoms with van der Waals surface area (Å²) in [6, 6.07) is 5.42. The smallest absolute Gasteiger partial charge is 0.230 e. The number of carbonyl (C=O) groups is 2. The van der Waals surface area contributed by atoms with E-state index in [9.17, 15) is 14.7 Å². The Morgan fingerprint density at radius 2 is 1.71 bits per heavy atom. The number of rotatable bonds is 6. The molecule has 2 aliphatic rings. The maximum absolute atomic E-state index is 12.3. The van der Waals surface area contributed by atoms with Gasteiger partial charge in [0, 0.05) is 39.0 Å². The number of piperazine rings is 1. The van der Waals surface area contributed by atoms with E-state index in [1.807, 2.05) is 32.9 Å². The lowest BCUT2D eigenvalue weighted by Crippen LogP contribution is -2.59. The number of aromatic hydroxyl groups is 1. The summed E-state index contributed by atoms with van der Waals surface area (Å²) in [6.45, 7) is 8.86. The van der Waals surface area contributed by atoms with E-state index in [2.05, 4.69) is 9.80 Å². The molecule has 0 saturated carbocycles. The molecule has 0 aliphatic carbocycles. The van der Waals surface area contributed by atoms with Crippen LogP contribution in [-0.2, 0) is 9.59 Å². The number of para-hydroxylation sites is 1. The van der Waals surface area contributed by atoms with Gasteiger partial charge in [-0.05, 0) is 38.8 Å². The maximum atomic E-state index is 12.3. The molecule has 0 aromatic heterocycles. The lowest BCUT2D eigenvalue weighted by molar-refractivity contribution is -0.156. The van der Waals surface area contributed by atoms with Crippen LogP contribution in [0, 0.1) is 0 Å². The highest BCUT2D eigenvalue weighted by atomic mass is 16.5. The maximum Gasteiger partial charge on any atom is 0.230 e. The van der Waals surface area contributed by atoms with Gasteiger partial charge in [-0.15, -0.1) is 0 Å². The highest BCUT2D eigenvalue weighted by Gasteiger charge is 2.36. The van der Waals surface area contributed by atoms with Crippen molar-refractivity contribution in [3.8, 4) is 11.5 Å². The number of anilines is 1. The number of nitrogens with zero attached hydrogens (tertiary/aromatic N) is 3. The van der Waals surface area contributed by atoms with Crippen LogP contribution >= 0.6 is 0 Å². The molecule has 3 rings (SSSR count). The fraction of sp³-hybridized carbons (Fsp3) is 0.619. The minimum Gasteiger partial charge on any atom is -0.504 e. The van der Waals surface area contributed by atoms with Crippen LogP contribution in [0.15, 0.2) is 18.2 Å². The molecule has 1 aromatic rings. The molecule has 28 heavy (non-hydrogen) atoms. The molecule has 0 radical (unpaired) electrons. The first-order valence-electron chi connectivity index (χ1n) is 10.2. The molecule has 1 unspecified atom stereocenters. The van der Waals surface area contributed by atoms with Gasteiger partial charge in [0.15, 0.2) is 11.5 Å². The fourth-order valence-electron chi connectivity index (χ4n) is 4.09. The average molecular weight is 389 g/mol. The van der Waals surface area contributed by atoms with E-state index in [1.54, 1.807) is 6.07 Å². The third-order valence-corrected chi connectivity index (χ3v) is 5.39. The summed E-state index contributed by atoms with van der Waals surface area (Å²) >= 11 is 0. The molecule has 2 saturated heterocycles. The number of carbonyl (C=O) groups excluding carboxylic acids is 2. The molecule has 1 N–H and O–H groups in total. The first kappa shape index (κ1) is 20.5. The number of phenols is 1. The lowest BCUT2D eigenvalue weighted by Gasteiger charge is -2.44. The molecule has 2 aliphatic heterocycles. The van der Waals surface area contributed by atoms with E-state index in [1.165, 1.54) is 4.90 Å². The molecule has 2 fully saturated rings. The highest BCUT2D eigenvalue weighted by Crippen LogP contribution is 2.38. The van der Waals surface area contributed by atoms with E-state index in [0.717, 1.165) is 38.3 Å². The van der Waals surface area contributed by atoms with Crippen molar-refractivity contribution in [1.82, 2.24) is 9.80 Å². The number of likely N-dealkylation sites (tertiary alicyclic amines) is 1. The second-order valence-electron chi connectivity index (χ2n) is 7.71. The number of hydrogen-bond donors (Lipinski definition) is 1. The first-order valence-corrected chi connectivity index (χ1v) is 10.2. The van der Waals surface area contributed by atoms with Crippen molar-refractivity contribution in [3.05, 3.63) is 18.2 Å². The van der Waals surface area contributed by atoms with Gasteiger partial charge in [-0.2, -0.15) is 0 Å². The lowest BCUT2D eigenvalue weighted by atomic mass is 10.1. The highest BCUT2D eigenvalue weighted by molar-refractivity contribution is 5.97. The summed E-state index contributed by atoms with van der Waals surface area (Å²) in [5.74, 6) is 0.557. The van der Waals surface area contributed by atoms with Crippen LogP contribution in [0.2, 0.25) is 0 Å². The van der Waals surface area contributed by atoms with E-state index < -0.39 is 0 Å². The van der Waals surface area contributed by atoms with Crippen molar-refractivity contribution in [3.63, 3.8) is 0 Å². The number of amides is 2. The molecule has 0 spiro atoms. The summed E-state index contributed by atoms with van der Waals surface area (Å²) in [7, 11) is 0. The molecular formula is C21H31N3O4. The van der Waals surface area contributed by atoms with Gasteiger partial charge >= 0.3 is 0 Å². The quantitative estimate of drug-likeness (QED) is 0.754. The van der Waals surface area contributed by atoms with Crippen LogP contribution in [0.25, 0.3) is 0 Å². The normalized spacial score (nSPS) is 20.0. The second-order valence-corrected chi connectivity index (χ2v) is 7.71. The third kappa shape index (κ3) is 4.24. The van der Waals surface area contributed by atoms with E-state index in [0.29, 0.717) is 25.0 Å². The van der Waals surface area contributed by atoms with Crippen LogP contribution in [0.5, 0.6) is 11.5 Å². The Kier molecular flexibility index (Phi) is 6.44. The fourth-order valence-corrected chi connectivity index (χ4v) is 4.09. The van der Waals surface area contributed by atoms with Crippen LogP contribution in [-0.4, -0.2) is 65.2 Å². The molecule has 0 bridgehead atoms.